The van der Waals surface area contributed by atoms with Gasteiger partial charge in [0.1, 0.15) is 0 Å². The Morgan fingerprint density at radius 3 is 2.73 bits per heavy atom. The number of guanidine groups is 1. The Bertz CT molecular complexity index is 657. The van der Waals surface area contributed by atoms with Crippen molar-refractivity contribution in [2.75, 3.05) is 70.6 Å². The molecule has 2 aliphatic rings. The third kappa shape index (κ3) is 7.27. The van der Waals surface area contributed by atoms with Gasteiger partial charge in [-0.1, -0.05) is 12.1 Å². The Hall–Kier alpha value is -1.06. The van der Waals surface area contributed by atoms with E-state index in [4.69, 9.17) is 14.5 Å². The van der Waals surface area contributed by atoms with Gasteiger partial charge < -0.3 is 24.6 Å². The highest BCUT2D eigenvalue weighted by Gasteiger charge is 2.21. The molecule has 0 aromatic heterocycles. The predicted octanol–water partition coefficient (Wildman–Crippen LogP) is 3.45. The van der Waals surface area contributed by atoms with Gasteiger partial charge in [0.25, 0.3) is 0 Å². The molecule has 0 bridgehead atoms. The fourth-order valence-corrected chi connectivity index (χ4v) is 3.98. The number of nitrogens with one attached hydrogen (secondary N) is 1. The highest BCUT2D eigenvalue weighted by atomic mass is 127. The van der Waals surface area contributed by atoms with Gasteiger partial charge in [-0.05, 0) is 50.8 Å². The number of hydrogen-bond donors (Lipinski definition) is 1. The minimum absolute atomic E-state index is 0. The molecule has 2 saturated heterocycles. The molecule has 0 saturated carbocycles. The molecule has 2 fully saturated rings. The molecule has 170 valence electrons. The van der Waals surface area contributed by atoms with E-state index in [1.54, 1.807) is 0 Å². The van der Waals surface area contributed by atoms with E-state index in [-0.39, 0.29) is 24.0 Å². The van der Waals surface area contributed by atoms with E-state index in [9.17, 15) is 0 Å². The highest BCUT2D eigenvalue weighted by molar-refractivity contribution is 14.0. The summed E-state index contributed by atoms with van der Waals surface area (Å²) in [7, 11) is 0. The first kappa shape index (κ1) is 25.2. The fourth-order valence-electron chi connectivity index (χ4n) is 3.98. The van der Waals surface area contributed by atoms with Crippen LogP contribution in [0.1, 0.15) is 30.9 Å². The summed E-state index contributed by atoms with van der Waals surface area (Å²) in [6.45, 7) is 15.7. The first-order valence-electron chi connectivity index (χ1n) is 11.2. The van der Waals surface area contributed by atoms with Gasteiger partial charge in [0, 0.05) is 64.1 Å². The van der Waals surface area contributed by atoms with E-state index in [0.29, 0.717) is 5.92 Å². The molecule has 0 spiro atoms. The Morgan fingerprint density at radius 1 is 1.23 bits per heavy atom. The molecule has 1 aromatic rings. The lowest BCUT2D eigenvalue weighted by molar-refractivity contribution is 0.0893. The van der Waals surface area contributed by atoms with Crippen LogP contribution in [0.5, 0.6) is 0 Å². The molecule has 3 rings (SSSR count). The molecule has 2 heterocycles. The summed E-state index contributed by atoms with van der Waals surface area (Å²) < 4.78 is 11.2. The SMILES string of the molecule is CCNC(=NCCCOCC1CCOC1)N1CCN(c2cccc(C)c2C)CC1.I. The van der Waals surface area contributed by atoms with Crippen molar-refractivity contribution in [3.05, 3.63) is 29.3 Å². The summed E-state index contributed by atoms with van der Waals surface area (Å²) in [5.41, 5.74) is 4.13. The summed E-state index contributed by atoms with van der Waals surface area (Å²) >= 11 is 0. The first-order chi connectivity index (χ1) is 14.2. The highest BCUT2D eigenvalue weighted by Crippen LogP contribution is 2.23. The lowest BCUT2D eigenvalue weighted by Crippen LogP contribution is -2.52. The number of ether oxygens (including phenoxy) is 2. The second kappa shape index (κ2) is 13.4. The molecule has 0 radical (unpaired) electrons. The van der Waals surface area contributed by atoms with Crippen molar-refractivity contribution in [3.8, 4) is 0 Å². The Balaban J connectivity index is 0.00000320. The Kier molecular flexibility index (Phi) is 11.2. The monoisotopic (exact) mass is 530 g/mol. The number of nitrogens with zero attached hydrogens (tertiary/aromatic N) is 3. The van der Waals surface area contributed by atoms with E-state index < -0.39 is 0 Å². The van der Waals surface area contributed by atoms with Crippen LogP contribution in [-0.4, -0.2) is 76.6 Å². The van der Waals surface area contributed by atoms with Crippen molar-refractivity contribution in [1.82, 2.24) is 10.2 Å². The second-order valence-electron chi connectivity index (χ2n) is 8.09. The van der Waals surface area contributed by atoms with Crippen LogP contribution in [-0.2, 0) is 9.47 Å². The lowest BCUT2D eigenvalue weighted by Gasteiger charge is -2.38. The van der Waals surface area contributed by atoms with Crippen molar-refractivity contribution in [2.24, 2.45) is 10.9 Å². The van der Waals surface area contributed by atoms with E-state index >= 15 is 0 Å². The van der Waals surface area contributed by atoms with Crippen LogP contribution in [0.4, 0.5) is 5.69 Å². The van der Waals surface area contributed by atoms with Gasteiger partial charge in [-0.2, -0.15) is 0 Å². The van der Waals surface area contributed by atoms with Crippen molar-refractivity contribution in [2.45, 2.75) is 33.6 Å². The maximum absolute atomic E-state index is 5.80. The van der Waals surface area contributed by atoms with Gasteiger partial charge in [-0.25, -0.2) is 0 Å². The lowest BCUT2D eigenvalue weighted by atomic mass is 10.1. The topological polar surface area (TPSA) is 49.3 Å². The molecule has 0 aliphatic carbocycles. The predicted molar refractivity (Wildman–Crippen MR) is 135 cm³/mol. The molecule has 1 N–H and O–H groups in total. The normalized spacial score (nSPS) is 19.7. The van der Waals surface area contributed by atoms with Gasteiger partial charge in [0.2, 0.25) is 0 Å². The summed E-state index contributed by atoms with van der Waals surface area (Å²) in [5, 5.41) is 3.46. The molecule has 1 aromatic carbocycles. The number of aryl methyl sites for hydroxylation is 1. The van der Waals surface area contributed by atoms with E-state index in [2.05, 4.69) is 54.1 Å². The molecule has 1 atom stereocenters. The summed E-state index contributed by atoms with van der Waals surface area (Å²) in [5.74, 6) is 1.63. The molecule has 2 aliphatic heterocycles. The van der Waals surface area contributed by atoms with Crippen molar-refractivity contribution < 1.29 is 9.47 Å². The maximum Gasteiger partial charge on any atom is 0.194 e. The summed E-state index contributed by atoms with van der Waals surface area (Å²) in [6.07, 6.45) is 2.10. The van der Waals surface area contributed by atoms with Gasteiger partial charge >= 0.3 is 0 Å². The second-order valence-corrected chi connectivity index (χ2v) is 8.09. The zero-order valence-electron chi connectivity index (χ0n) is 18.9. The quantitative estimate of drug-likeness (QED) is 0.242. The average Bonchev–Trinajstić information content (AvgIpc) is 3.25. The van der Waals surface area contributed by atoms with E-state index in [1.165, 1.54) is 16.8 Å². The van der Waals surface area contributed by atoms with Crippen LogP contribution >= 0.6 is 24.0 Å². The van der Waals surface area contributed by atoms with Crippen LogP contribution in [0.15, 0.2) is 23.2 Å². The number of hydrogen-bond acceptors (Lipinski definition) is 4. The molecule has 0 amide bonds. The van der Waals surface area contributed by atoms with Crippen LogP contribution in [0.3, 0.4) is 0 Å². The molecule has 30 heavy (non-hydrogen) atoms. The van der Waals surface area contributed by atoms with Gasteiger partial charge in [0.05, 0.1) is 13.2 Å². The largest absolute Gasteiger partial charge is 0.381 e. The minimum atomic E-state index is 0. The third-order valence-electron chi connectivity index (χ3n) is 5.92. The number of piperazine rings is 1. The standard InChI is InChI=1S/C23H38N4O2.HI/c1-4-24-23(25-10-6-15-28-17-21-9-16-29-18-21)27-13-11-26(12-14-27)22-8-5-7-19(2)20(22)3;/h5,7-8,21H,4,6,9-18H2,1-3H3,(H,24,25);1H. The van der Waals surface area contributed by atoms with Crippen LogP contribution in [0, 0.1) is 19.8 Å². The van der Waals surface area contributed by atoms with Gasteiger partial charge in [-0.3, -0.25) is 4.99 Å². The smallest absolute Gasteiger partial charge is 0.194 e. The fraction of sp³-hybridized carbons (Fsp3) is 0.696. The van der Waals surface area contributed by atoms with Gasteiger partial charge in [-0.15, -0.1) is 24.0 Å². The number of anilines is 1. The molecule has 1 unspecified atom stereocenters. The van der Waals surface area contributed by atoms with Crippen LogP contribution in [0.25, 0.3) is 0 Å². The van der Waals surface area contributed by atoms with Crippen LogP contribution in [0.2, 0.25) is 0 Å². The number of rotatable bonds is 8. The molecular formula is C23H39IN4O2. The number of benzene rings is 1. The van der Waals surface area contributed by atoms with Crippen molar-refractivity contribution in [3.63, 3.8) is 0 Å². The Morgan fingerprint density at radius 2 is 2.03 bits per heavy atom. The van der Waals surface area contributed by atoms with E-state index in [1.807, 2.05) is 0 Å². The summed E-state index contributed by atoms with van der Waals surface area (Å²) in [6, 6.07) is 6.60. The van der Waals surface area contributed by atoms with Gasteiger partial charge in [0.15, 0.2) is 5.96 Å². The molecule has 7 heteroatoms. The summed E-state index contributed by atoms with van der Waals surface area (Å²) in [4.78, 5) is 9.74. The van der Waals surface area contributed by atoms with Crippen molar-refractivity contribution in [1.29, 1.82) is 0 Å². The molecule has 6 nitrogen and oxygen atoms in total. The Labute approximate surface area is 199 Å². The zero-order valence-corrected chi connectivity index (χ0v) is 21.2. The first-order valence-corrected chi connectivity index (χ1v) is 11.2. The minimum Gasteiger partial charge on any atom is -0.381 e. The van der Waals surface area contributed by atoms with Crippen LogP contribution < -0.4 is 10.2 Å². The van der Waals surface area contributed by atoms with Crippen molar-refractivity contribution >= 4 is 35.6 Å². The zero-order chi connectivity index (χ0) is 20.5. The molecular weight excluding hydrogens is 491 g/mol. The number of aliphatic imine (C=N–C) groups is 1. The average molecular weight is 530 g/mol. The van der Waals surface area contributed by atoms with E-state index in [0.717, 1.165) is 84.5 Å². The number of halogens is 1. The third-order valence-corrected chi connectivity index (χ3v) is 5.92. The maximum atomic E-state index is 5.80.